The summed E-state index contributed by atoms with van der Waals surface area (Å²) in [7, 11) is 0. The summed E-state index contributed by atoms with van der Waals surface area (Å²) in [6.07, 6.45) is 3.74. The van der Waals surface area contributed by atoms with E-state index in [0.29, 0.717) is 21.4 Å². The third-order valence-corrected chi connectivity index (χ3v) is 4.85. The number of fused-ring (bicyclic) bond motifs is 1. The van der Waals surface area contributed by atoms with Gasteiger partial charge in [-0.1, -0.05) is 43.5 Å². The summed E-state index contributed by atoms with van der Waals surface area (Å²) in [5.41, 5.74) is 2.20. The van der Waals surface area contributed by atoms with Crippen LogP contribution < -0.4 is 0 Å². The van der Waals surface area contributed by atoms with Gasteiger partial charge in [-0.05, 0) is 30.4 Å². The van der Waals surface area contributed by atoms with Gasteiger partial charge in [0.25, 0.3) is 0 Å². The van der Waals surface area contributed by atoms with E-state index in [9.17, 15) is 0 Å². The molecule has 1 unspecified atom stereocenters. The van der Waals surface area contributed by atoms with Crippen LogP contribution in [0.25, 0.3) is 11.0 Å². The number of imidazole rings is 1. The van der Waals surface area contributed by atoms with Crippen molar-refractivity contribution in [2.24, 2.45) is 5.41 Å². The number of rotatable bonds is 1. The average Bonchev–Trinajstić information content (AvgIpc) is 2.81. The topological polar surface area (TPSA) is 28.7 Å². The van der Waals surface area contributed by atoms with E-state index in [0.717, 1.165) is 16.9 Å². The van der Waals surface area contributed by atoms with E-state index in [1.165, 1.54) is 19.3 Å². The molecule has 0 aliphatic heterocycles. The molecule has 0 bridgehead atoms. The Hall–Kier alpha value is -0.730. The molecular weight excluding hydrogens is 267 g/mol. The molecule has 0 radical (unpaired) electrons. The largest absolute Gasteiger partial charge is 0.342 e. The fourth-order valence-corrected chi connectivity index (χ4v) is 3.34. The summed E-state index contributed by atoms with van der Waals surface area (Å²) in [6.45, 7) is 4.63. The van der Waals surface area contributed by atoms with E-state index in [1.54, 1.807) is 0 Å². The highest BCUT2D eigenvalue weighted by molar-refractivity contribution is 6.42. The van der Waals surface area contributed by atoms with Gasteiger partial charge >= 0.3 is 0 Å². The van der Waals surface area contributed by atoms with E-state index < -0.39 is 0 Å². The van der Waals surface area contributed by atoms with Crippen molar-refractivity contribution in [2.45, 2.75) is 39.0 Å². The number of nitrogens with one attached hydrogen (secondary N) is 1. The Balaban J connectivity index is 2.08. The third-order valence-electron chi connectivity index (χ3n) is 4.13. The van der Waals surface area contributed by atoms with Gasteiger partial charge in [-0.15, -0.1) is 0 Å². The molecule has 1 aromatic heterocycles. The van der Waals surface area contributed by atoms with Crippen LogP contribution in [0.4, 0.5) is 0 Å². The van der Waals surface area contributed by atoms with Crippen molar-refractivity contribution in [3.8, 4) is 0 Å². The molecule has 1 aliphatic rings. The third kappa shape index (κ3) is 1.92. The molecule has 0 amide bonds. The normalized spacial score (nSPS) is 22.8. The minimum atomic E-state index is 0.321. The van der Waals surface area contributed by atoms with Crippen LogP contribution in [0.2, 0.25) is 10.0 Å². The highest BCUT2D eigenvalue weighted by Gasteiger charge is 2.37. The number of nitrogens with zero attached hydrogens (tertiary/aromatic N) is 1. The summed E-state index contributed by atoms with van der Waals surface area (Å²) < 4.78 is 0. The van der Waals surface area contributed by atoms with Crippen molar-refractivity contribution in [2.75, 3.05) is 0 Å². The molecule has 2 aromatic rings. The number of hydrogen-bond donors (Lipinski definition) is 1. The number of aromatic amines is 1. The maximum absolute atomic E-state index is 6.03. The van der Waals surface area contributed by atoms with Crippen molar-refractivity contribution in [3.05, 3.63) is 28.0 Å². The van der Waals surface area contributed by atoms with Gasteiger partial charge in [-0.3, -0.25) is 0 Å². The summed E-state index contributed by atoms with van der Waals surface area (Å²) in [5.74, 6) is 1.58. The zero-order chi connectivity index (χ0) is 12.9. The second-order valence-corrected chi connectivity index (χ2v) is 6.65. The zero-order valence-electron chi connectivity index (χ0n) is 10.6. The molecule has 3 rings (SSSR count). The first-order chi connectivity index (χ1) is 8.47. The smallest absolute Gasteiger partial charge is 0.110 e. The number of benzene rings is 1. The van der Waals surface area contributed by atoms with Crippen LogP contribution in [0, 0.1) is 5.41 Å². The predicted molar refractivity (Wildman–Crippen MR) is 76.5 cm³/mol. The standard InChI is InChI=1S/C14H16Cl2N2/c1-14(2)5-3-4-8(14)13-17-11-6-9(15)10(16)7-12(11)18-13/h6-8H,3-5H2,1-2H3,(H,17,18). The molecule has 1 aromatic carbocycles. The van der Waals surface area contributed by atoms with Crippen LogP contribution >= 0.6 is 23.2 Å². The second kappa shape index (κ2) is 4.14. The van der Waals surface area contributed by atoms with E-state index in [2.05, 4.69) is 18.8 Å². The Morgan fingerprint density at radius 1 is 1.28 bits per heavy atom. The molecular formula is C14H16Cl2N2. The molecule has 2 nitrogen and oxygen atoms in total. The fraction of sp³-hybridized carbons (Fsp3) is 0.500. The minimum absolute atomic E-state index is 0.321. The SMILES string of the molecule is CC1(C)CCCC1c1nc2cc(Cl)c(Cl)cc2[nH]1. The molecule has 1 N–H and O–H groups in total. The van der Waals surface area contributed by atoms with Crippen LogP contribution in [0.1, 0.15) is 44.9 Å². The van der Waals surface area contributed by atoms with Crippen LogP contribution in [0.5, 0.6) is 0 Å². The molecule has 1 saturated carbocycles. The Bertz CT molecular complexity index is 562. The van der Waals surface area contributed by atoms with Crippen molar-refractivity contribution >= 4 is 34.2 Å². The summed E-state index contributed by atoms with van der Waals surface area (Å²) >= 11 is 12.1. The maximum atomic E-state index is 6.03. The lowest BCUT2D eigenvalue weighted by atomic mass is 9.81. The molecule has 1 aliphatic carbocycles. The molecule has 96 valence electrons. The van der Waals surface area contributed by atoms with Gasteiger partial charge in [0.15, 0.2) is 0 Å². The molecule has 1 atom stereocenters. The number of aromatic nitrogens is 2. The molecule has 18 heavy (non-hydrogen) atoms. The van der Waals surface area contributed by atoms with Gasteiger partial charge in [0, 0.05) is 5.92 Å². The fourth-order valence-electron chi connectivity index (χ4n) is 3.02. The van der Waals surface area contributed by atoms with E-state index >= 15 is 0 Å². The Labute approximate surface area is 117 Å². The van der Waals surface area contributed by atoms with Crippen LogP contribution in [-0.2, 0) is 0 Å². The first-order valence-corrected chi connectivity index (χ1v) is 7.07. The van der Waals surface area contributed by atoms with E-state index in [4.69, 9.17) is 28.2 Å². The Morgan fingerprint density at radius 3 is 2.67 bits per heavy atom. The molecule has 1 heterocycles. The van der Waals surface area contributed by atoms with Crippen molar-refractivity contribution in [1.82, 2.24) is 9.97 Å². The lowest BCUT2D eigenvalue weighted by Gasteiger charge is -2.24. The lowest BCUT2D eigenvalue weighted by molar-refractivity contribution is 0.324. The summed E-state index contributed by atoms with van der Waals surface area (Å²) in [5, 5.41) is 1.14. The van der Waals surface area contributed by atoms with E-state index in [-0.39, 0.29) is 0 Å². The highest BCUT2D eigenvalue weighted by atomic mass is 35.5. The van der Waals surface area contributed by atoms with E-state index in [1.807, 2.05) is 12.1 Å². The van der Waals surface area contributed by atoms with Crippen molar-refractivity contribution in [3.63, 3.8) is 0 Å². The molecule has 1 fully saturated rings. The van der Waals surface area contributed by atoms with Crippen molar-refractivity contribution in [1.29, 1.82) is 0 Å². The predicted octanol–water partition coefficient (Wildman–Crippen LogP) is 5.16. The Kier molecular flexibility index (Phi) is 2.83. The van der Waals surface area contributed by atoms with Gasteiger partial charge in [0.1, 0.15) is 5.82 Å². The number of halogens is 2. The Morgan fingerprint density at radius 2 is 2.00 bits per heavy atom. The lowest BCUT2D eigenvalue weighted by Crippen LogP contribution is -2.16. The van der Waals surface area contributed by atoms with Gasteiger partial charge < -0.3 is 4.98 Å². The van der Waals surface area contributed by atoms with Gasteiger partial charge in [0.05, 0.1) is 21.1 Å². The monoisotopic (exact) mass is 282 g/mol. The van der Waals surface area contributed by atoms with Crippen LogP contribution in [0.15, 0.2) is 12.1 Å². The van der Waals surface area contributed by atoms with Crippen molar-refractivity contribution < 1.29 is 0 Å². The molecule has 4 heteroatoms. The molecule has 0 spiro atoms. The summed E-state index contributed by atoms with van der Waals surface area (Å²) in [6, 6.07) is 3.69. The average molecular weight is 283 g/mol. The highest BCUT2D eigenvalue weighted by Crippen LogP contribution is 2.48. The van der Waals surface area contributed by atoms with Crippen LogP contribution in [-0.4, -0.2) is 9.97 Å². The summed E-state index contributed by atoms with van der Waals surface area (Å²) in [4.78, 5) is 8.10. The maximum Gasteiger partial charge on any atom is 0.110 e. The van der Waals surface area contributed by atoms with Crippen LogP contribution in [0.3, 0.4) is 0 Å². The number of hydrogen-bond acceptors (Lipinski definition) is 1. The van der Waals surface area contributed by atoms with Gasteiger partial charge in [-0.25, -0.2) is 4.98 Å². The van der Waals surface area contributed by atoms with Gasteiger partial charge in [-0.2, -0.15) is 0 Å². The first kappa shape index (κ1) is 12.3. The minimum Gasteiger partial charge on any atom is -0.342 e. The number of H-pyrrole nitrogens is 1. The first-order valence-electron chi connectivity index (χ1n) is 6.32. The van der Waals surface area contributed by atoms with Gasteiger partial charge in [0.2, 0.25) is 0 Å². The quantitative estimate of drug-likeness (QED) is 0.769. The second-order valence-electron chi connectivity index (χ2n) is 5.84. The zero-order valence-corrected chi connectivity index (χ0v) is 12.1. The molecule has 0 saturated heterocycles.